The van der Waals surface area contributed by atoms with E-state index in [0.717, 1.165) is 0 Å². The minimum atomic E-state index is 1.17. The average molecular weight is 235 g/mol. The van der Waals surface area contributed by atoms with Gasteiger partial charge in [-0.1, -0.05) is 57.9 Å². The maximum absolute atomic E-state index is 2.34. The van der Waals surface area contributed by atoms with Gasteiger partial charge in [-0.3, -0.25) is 0 Å². The Hall–Kier alpha value is -0.520. The van der Waals surface area contributed by atoms with E-state index < -0.39 is 0 Å². The van der Waals surface area contributed by atoms with Gasteiger partial charge in [-0.15, -0.1) is 0 Å². The molecule has 0 fully saturated rings. The summed E-state index contributed by atoms with van der Waals surface area (Å²) < 4.78 is 0. The third-order valence-electron chi connectivity index (χ3n) is 3.02. The standard InChI is InChI=1S/C17H31/c1-4-7-10-12-15-17(14-9-6-3)16-13-11-8-5-2/h7-8,10-11H,4-6,9,12-16H2,1-3H3/b10-7-,11-8-. The summed E-state index contributed by atoms with van der Waals surface area (Å²) in [7, 11) is 0. The average Bonchev–Trinajstić information content (AvgIpc) is 2.35. The Labute approximate surface area is 109 Å². The second kappa shape index (κ2) is 13.5. The van der Waals surface area contributed by atoms with Crippen molar-refractivity contribution < 1.29 is 0 Å². The molecule has 0 heteroatoms. The van der Waals surface area contributed by atoms with E-state index in [1.54, 1.807) is 5.92 Å². The number of rotatable bonds is 11. The highest BCUT2D eigenvalue weighted by atomic mass is 14.1. The van der Waals surface area contributed by atoms with Crippen LogP contribution in [-0.2, 0) is 0 Å². The molecule has 17 heavy (non-hydrogen) atoms. The summed E-state index contributed by atoms with van der Waals surface area (Å²) in [6.07, 6.45) is 20.7. The summed E-state index contributed by atoms with van der Waals surface area (Å²) in [5, 5.41) is 0. The molecule has 0 aromatic heterocycles. The van der Waals surface area contributed by atoms with Crippen molar-refractivity contribution in [2.45, 2.75) is 78.6 Å². The van der Waals surface area contributed by atoms with Crippen molar-refractivity contribution in [3.8, 4) is 0 Å². The molecule has 0 aromatic carbocycles. The quantitative estimate of drug-likeness (QED) is 0.372. The highest BCUT2D eigenvalue weighted by Gasteiger charge is 2.06. The fourth-order valence-corrected chi connectivity index (χ4v) is 1.95. The minimum Gasteiger partial charge on any atom is -0.0888 e. The highest BCUT2D eigenvalue weighted by Crippen LogP contribution is 2.23. The number of unbranched alkanes of at least 4 members (excludes halogenated alkanes) is 1. The highest BCUT2D eigenvalue weighted by molar-refractivity contribution is 4.95. The van der Waals surface area contributed by atoms with E-state index in [9.17, 15) is 0 Å². The van der Waals surface area contributed by atoms with Gasteiger partial charge in [0.1, 0.15) is 0 Å². The Balaban J connectivity index is 3.78. The molecule has 0 heterocycles. The van der Waals surface area contributed by atoms with Crippen LogP contribution in [0.15, 0.2) is 24.3 Å². The molecule has 0 saturated carbocycles. The van der Waals surface area contributed by atoms with Gasteiger partial charge in [-0.25, -0.2) is 0 Å². The maximum Gasteiger partial charge on any atom is -0.0235 e. The first-order valence-electron chi connectivity index (χ1n) is 7.48. The first kappa shape index (κ1) is 16.5. The van der Waals surface area contributed by atoms with Crippen LogP contribution >= 0.6 is 0 Å². The zero-order valence-electron chi connectivity index (χ0n) is 12.2. The lowest BCUT2D eigenvalue weighted by molar-refractivity contribution is 0.619. The smallest absolute Gasteiger partial charge is 0.0235 e. The Morgan fingerprint density at radius 3 is 1.65 bits per heavy atom. The SMILES string of the molecule is CC/C=C\CC[C](CC/C=C\CC)CCCC. The zero-order valence-corrected chi connectivity index (χ0v) is 12.2. The Kier molecular flexibility index (Phi) is 13.1. The van der Waals surface area contributed by atoms with Gasteiger partial charge in [-0.05, 0) is 50.9 Å². The van der Waals surface area contributed by atoms with Crippen LogP contribution in [0.5, 0.6) is 0 Å². The van der Waals surface area contributed by atoms with E-state index in [1.807, 2.05) is 0 Å². The predicted molar refractivity (Wildman–Crippen MR) is 80.1 cm³/mol. The molecular formula is C17H31. The first-order valence-corrected chi connectivity index (χ1v) is 7.48. The molecule has 99 valence electrons. The van der Waals surface area contributed by atoms with Crippen LogP contribution in [0.3, 0.4) is 0 Å². The van der Waals surface area contributed by atoms with Crippen LogP contribution in [0.1, 0.15) is 78.6 Å². The van der Waals surface area contributed by atoms with Gasteiger partial charge in [0.15, 0.2) is 0 Å². The van der Waals surface area contributed by atoms with E-state index >= 15 is 0 Å². The van der Waals surface area contributed by atoms with Crippen LogP contribution in [0.2, 0.25) is 0 Å². The van der Waals surface area contributed by atoms with E-state index in [2.05, 4.69) is 45.1 Å². The Bertz CT molecular complexity index is 170. The van der Waals surface area contributed by atoms with Gasteiger partial charge < -0.3 is 0 Å². The second-order valence-electron chi connectivity index (χ2n) is 4.69. The lowest BCUT2D eigenvalue weighted by Gasteiger charge is -2.13. The number of hydrogen-bond donors (Lipinski definition) is 0. The third-order valence-corrected chi connectivity index (χ3v) is 3.02. The largest absolute Gasteiger partial charge is 0.0888 e. The summed E-state index contributed by atoms with van der Waals surface area (Å²) in [5.74, 6) is 1.77. The lowest BCUT2D eigenvalue weighted by atomic mass is 9.92. The number of hydrogen-bond acceptors (Lipinski definition) is 0. The van der Waals surface area contributed by atoms with E-state index in [-0.39, 0.29) is 0 Å². The summed E-state index contributed by atoms with van der Waals surface area (Å²) in [5.41, 5.74) is 0. The van der Waals surface area contributed by atoms with Crippen molar-refractivity contribution in [1.29, 1.82) is 0 Å². The lowest BCUT2D eigenvalue weighted by Crippen LogP contribution is -1.97. The van der Waals surface area contributed by atoms with Crippen LogP contribution in [0.25, 0.3) is 0 Å². The molecule has 0 unspecified atom stereocenters. The topological polar surface area (TPSA) is 0 Å². The first-order chi connectivity index (χ1) is 8.35. The normalized spacial score (nSPS) is 12.2. The zero-order chi connectivity index (χ0) is 12.8. The summed E-state index contributed by atoms with van der Waals surface area (Å²) in [4.78, 5) is 0. The second-order valence-corrected chi connectivity index (χ2v) is 4.69. The van der Waals surface area contributed by atoms with Crippen molar-refractivity contribution in [3.63, 3.8) is 0 Å². The van der Waals surface area contributed by atoms with Crippen molar-refractivity contribution in [1.82, 2.24) is 0 Å². The molecule has 0 aromatic rings. The Morgan fingerprint density at radius 2 is 1.24 bits per heavy atom. The molecule has 0 aliphatic rings. The van der Waals surface area contributed by atoms with Crippen LogP contribution in [0, 0.1) is 5.92 Å². The monoisotopic (exact) mass is 235 g/mol. The van der Waals surface area contributed by atoms with Gasteiger partial charge >= 0.3 is 0 Å². The summed E-state index contributed by atoms with van der Waals surface area (Å²) in [6.45, 7) is 6.69. The molecule has 0 N–H and O–H groups in total. The third kappa shape index (κ3) is 11.7. The molecule has 1 radical (unpaired) electrons. The van der Waals surface area contributed by atoms with Crippen molar-refractivity contribution in [2.24, 2.45) is 0 Å². The molecular weight excluding hydrogens is 204 g/mol. The molecule has 0 aliphatic heterocycles. The van der Waals surface area contributed by atoms with E-state index in [4.69, 9.17) is 0 Å². The minimum absolute atomic E-state index is 1.17. The fourth-order valence-electron chi connectivity index (χ4n) is 1.95. The molecule has 0 aliphatic carbocycles. The molecule has 0 amide bonds. The molecule has 0 spiro atoms. The van der Waals surface area contributed by atoms with E-state index in [1.165, 1.54) is 57.8 Å². The van der Waals surface area contributed by atoms with Crippen LogP contribution in [0.4, 0.5) is 0 Å². The van der Waals surface area contributed by atoms with Crippen LogP contribution < -0.4 is 0 Å². The van der Waals surface area contributed by atoms with Crippen molar-refractivity contribution in [2.75, 3.05) is 0 Å². The van der Waals surface area contributed by atoms with Crippen LogP contribution in [-0.4, -0.2) is 0 Å². The molecule has 0 saturated heterocycles. The van der Waals surface area contributed by atoms with Gasteiger partial charge in [-0.2, -0.15) is 0 Å². The summed E-state index contributed by atoms with van der Waals surface area (Å²) in [6, 6.07) is 0. The van der Waals surface area contributed by atoms with Crippen molar-refractivity contribution in [3.05, 3.63) is 30.2 Å². The van der Waals surface area contributed by atoms with E-state index in [0.29, 0.717) is 0 Å². The fraction of sp³-hybridized carbons (Fsp3) is 0.706. The molecule has 0 bridgehead atoms. The van der Waals surface area contributed by atoms with Gasteiger partial charge in [0.2, 0.25) is 0 Å². The Morgan fingerprint density at radius 1 is 0.706 bits per heavy atom. The van der Waals surface area contributed by atoms with Gasteiger partial charge in [0.25, 0.3) is 0 Å². The molecule has 0 rings (SSSR count). The van der Waals surface area contributed by atoms with Gasteiger partial charge in [0.05, 0.1) is 0 Å². The molecule has 0 nitrogen and oxygen atoms in total. The van der Waals surface area contributed by atoms with Gasteiger partial charge in [0, 0.05) is 0 Å². The summed E-state index contributed by atoms with van der Waals surface area (Å²) >= 11 is 0. The maximum atomic E-state index is 2.34. The molecule has 0 atom stereocenters. The predicted octanol–water partition coefficient (Wildman–Crippen LogP) is 6.24. The van der Waals surface area contributed by atoms with Crippen molar-refractivity contribution >= 4 is 0 Å². The number of allylic oxidation sites excluding steroid dienone is 4.